The van der Waals surface area contributed by atoms with Crippen LogP contribution in [0.15, 0.2) is 18.2 Å². The molecule has 2 amide bonds. The number of piperazine rings is 1. The number of methoxy groups -OCH3 is 2. The number of amides is 2. The zero-order valence-electron chi connectivity index (χ0n) is 11.9. The molecule has 1 saturated heterocycles. The van der Waals surface area contributed by atoms with Gasteiger partial charge in [0, 0.05) is 13.1 Å². The average Bonchev–Trinajstić information content (AvgIpc) is 2.53. The molecule has 0 bridgehead atoms. The summed E-state index contributed by atoms with van der Waals surface area (Å²) in [4.78, 5) is 25.6. The Morgan fingerprint density at radius 2 is 2.10 bits per heavy atom. The lowest BCUT2D eigenvalue weighted by atomic mass is 10.0. The van der Waals surface area contributed by atoms with Crippen LogP contribution in [0.5, 0.6) is 11.5 Å². The van der Waals surface area contributed by atoms with Crippen LogP contribution >= 0.6 is 11.6 Å². The maximum atomic E-state index is 12.2. The Labute approximate surface area is 128 Å². The zero-order chi connectivity index (χ0) is 15.4. The summed E-state index contributed by atoms with van der Waals surface area (Å²) in [6.07, 6.45) is 0. The highest BCUT2D eigenvalue weighted by Crippen LogP contribution is 2.32. The molecule has 1 heterocycles. The molecule has 1 aromatic carbocycles. The molecule has 1 N–H and O–H groups in total. The molecule has 1 aliphatic rings. The summed E-state index contributed by atoms with van der Waals surface area (Å²) in [5.41, 5.74) is 0.656. The van der Waals surface area contributed by atoms with E-state index in [2.05, 4.69) is 5.32 Å². The monoisotopic (exact) mass is 312 g/mol. The van der Waals surface area contributed by atoms with Crippen LogP contribution in [-0.2, 0) is 9.59 Å². The first kappa shape index (κ1) is 15.4. The van der Waals surface area contributed by atoms with Crippen molar-refractivity contribution in [1.29, 1.82) is 0 Å². The highest BCUT2D eigenvalue weighted by Gasteiger charge is 2.34. The number of hydrogen-bond donors (Lipinski definition) is 1. The highest BCUT2D eigenvalue weighted by molar-refractivity contribution is 6.27. The highest BCUT2D eigenvalue weighted by atomic mass is 35.5. The number of carbonyl (C=O) groups excluding carboxylic acids is 2. The van der Waals surface area contributed by atoms with Gasteiger partial charge in [0.05, 0.1) is 14.2 Å². The van der Waals surface area contributed by atoms with Crippen molar-refractivity contribution in [2.45, 2.75) is 6.04 Å². The van der Waals surface area contributed by atoms with E-state index < -0.39 is 6.04 Å². The van der Waals surface area contributed by atoms with Crippen molar-refractivity contribution >= 4 is 23.4 Å². The fourth-order valence-corrected chi connectivity index (χ4v) is 2.52. The molecule has 21 heavy (non-hydrogen) atoms. The van der Waals surface area contributed by atoms with Gasteiger partial charge in [-0.2, -0.15) is 0 Å². The number of hydrogen-bond acceptors (Lipinski definition) is 4. The van der Waals surface area contributed by atoms with E-state index in [4.69, 9.17) is 21.1 Å². The van der Waals surface area contributed by atoms with Crippen molar-refractivity contribution in [3.05, 3.63) is 23.8 Å². The van der Waals surface area contributed by atoms with Gasteiger partial charge in [0.1, 0.15) is 11.9 Å². The Morgan fingerprint density at radius 1 is 1.38 bits per heavy atom. The van der Waals surface area contributed by atoms with E-state index in [1.807, 2.05) is 0 Å². The number of nitrogens with zero attached hydrogens (tertiary/aromatic N) is 1. The van der Waals surface area contributed by atoms with Gasteiger partial charge in [-0.25, -0.2) is 0 Å². The fraction of sp³-hybridized carbons (Fsp3) is 0.429. The van der Waals surface area contributed by atoms with E-state index >= 15 is 0 Å². The number of alkyl halides is 1. The molecule has 6 nitrogen and oxygen atoms in total. The van der Waals surface area contributed by atoms with E-state index in [0.717, 1.165) is 0 Å². The second kappa shape index (κ2) is 6.67. The standard InChI is InChI=1S/C14H17ClN2O4/c1-20-10-4-3-9(7-11(10)21-2)13-14(19)16-5-6-17(13)12(18)8-15/h3-4,7,13H,5-6,8H2,1-2H3,(H,16,19). The summed E-state index contributed by atoms with van der Waals surface area (Å²) in [5.74, 6) is 0.412. The van der Waals surface area contributed by atoms with Crippen LogP contribution < -0.4 is 14.8 Å². The molecule has 0 aromatic heterocycles. The minimum absolute atomic E-state index is 0.156. The number of ether oxygens (including phenoxy) is 2. The molecule has 114 valence electrons. The SMILES string of the molecule is COc1ccc(C2C(=O)NCCN2C(=O)CCl)cc1OC. The first-order valence-electron chi connectivity index (χ1n) is 6.47. The third kappa shape index (κ3) is 3.05. The van der Waals surface area contributed by atoms with Crippen molar-refractivity contribution in [2.75, 3.05) is 33.2 Å². The van der Waals surface area contributed by atoms with Gasteiger partial charge in [-0.1, -0.05) is 6.07 Å². The predicted octanol–water partition coefficient (Wildman–Crippen LogP) is 0.942. The molecule has 0 radical (unpaired) electrons. The van der Waals surface area contributed by atoms with Crippen LogP contribution in [0.2, 0.25) is 0 Å². The summed E-state index contributed by atoms with van der Waals surface area (Å²) in [6, 6.07) is 4.44. The van der Waals surface area contributed by atoms with Gasteiger partial charge in [-0.3, -0.25) is 9.59 Å². The number of carbonyl (C=O) groups is 2. The molecule has 0 spiro atoms. The van der Waals surface area contributed by atoms with Crippen molar-refractivity contribution in [3.8, 4) is 11.5 Å². The van der Waals surface area contributed by atoms with Crippen LogP contribution in [0.25, 0.3) is 0 Å². The Kier molecular flexibility index (Phi) is 4.90. The van der Waals surface area contributed by atoms with E-state index in [0.29, 0.717) is 30.2 Å². The molecule has 2 rings (SSSR count). The third-order valence-corrected chi connectivity index (χ3v) is 3.60. The molecule has 1 aliphatic heterocycles. The largest absolute Gasteiger partial charge is 0.493 e. The van der Waals surface area contributed by atoms with E-state index in [-0.39, 0.29) is 17.7 Å². The molecule has 1 aromatic rings. The number of rotatable bonds is 4. The van der Waals surface area contributed by atoms with E-state index in [1.54, 1.807) is 18.2 Å². The fourth-order valence-electron chi connectivity index (χ4n) is 2.37. The Hall–Kier alpha value is -1.95. The number of nitrogens with one attached hydrogen (secondary N) is 1. The lowest BCUT2D eigenvalue weighted by Gasteiger charge is -2.35. The first-order valence-corrected chi connectivity index (χ1v) is 7.01. The lowest BCUT2D eigenvalue weighted by Crippen LogP contribution is -2.52. The summed E-state index contributed by atoms with van der Waals surface area (Å²) in [5, 5.41) is 2.76. The molecule has 1 unspecified atom stereocenters. The van der Waals surface area contributed by atoms with Gasteiger partial charge >= 0.3 is 0 Å². The lowest BCUT2D eigenvalue weighted by molar-refractivity contribution is -0.141. The average molecular weight is 313 g/mol. The Balaban J connectivity index is 2.40. The van der Waals surface area contributed by atoms with Crippen LogP contribution in [0, 0.1) is 0 Å². The van der Waals surface area contributed by atoms with Gasteiger partial charge in [-0.05, 0) is 17.7 Å². The summed E-state index contributed by atoms with van der Waals surface area (Å²) < 4.78 is 10.4. The van der Waals surface area contributed by atoms with Gasteiger partial charge in [0.2, 0.25) is 11.8 Å². The van der Waals surface area contributed by atoms with Crippen LogP contribution in [0.3, 0.4) is 0 Å². The summed E-state index contributed by atoms with van der Waals surface area (Å²) in [6.45, 7) is 0.849. The second-order valence-electron chi connectivity index (χ2n) is 4.53. The van der Waals surface area contributed by atoms with Crippen molar-refractivity contribution in [3.63, 3.8) is 0 Å². The van der Waals surface area contributed by atoms with Gasteiger partial charge in [0.15, 0.2) is 11.5 Å². The summed E-state index contributed by atoms with van der Waals surface area (Å²) in [7, 11) is 3.05. The van der Waals surface area contributed by atoms with E-state index in [1.165, 1.54) is 19.1 Å². The number of halogens is 1. The third-order valence-electron chi connectivity index (χ3n) is 3.37. The minimum Gasteiger partial charge on any atom is -0.493 e. The van der Waals surface area contributed by atoms with Crippen molar-refractivity contribution in [2.24, 2.45) is 0 Å². The molecule has 7 heteroatoms. The van der Waals surface area contributed by atoms with Gasteiger partial charge < -0.3 is 19.7 Å². The maximum Gasteiger partial charge on any atom is 0.247 e. The van der Waals surface area contributed by atoms with Crippen LogP contribution in [-0.4, -0.2) is 49.9 Å². The van der Waals surface area contributed by atoms with Gasteiger partial charge in [0.25, 0.3) is 0 Å². The van der Waals surface area contributed by atoms with Crippen molar-refractivity contribution < 1.29 is 19.1 Å². The van der Waals surface area contributed by atoms with E-state index in [9.17, 15) is 9.59 Å². The molecule has 1 atom stereocenters. The summed E-state index contributed by atoms with van der Waals surface area (Å²) >= 11 is 5.62. The Morgan fingerprint density at radius 3 is 2.71 bits per heavy atom. The first-order chi connectivity index (χ1) is 10.1. The maximum absolute atomic E-state index is 12.2. The van der Waals surface area contributed by atoms with Crippen LogP contribution in [0.4, 0.5) is 0 Å². The van der Waals surface area contributed by atoms with Crippen LogP contribution in [0.1, 0.15) is 11.6 Å². The zero-order valence-corrected chi connectivity index (χ0v) is 12.6. The molecular weight excluding hydrogens is 296 g/mol. The number of benzene rings is 1. The molecular formula is C14H17ClN2O4. The minimum atomic E-state index is -0.704. The van der Waals surface area contributed by atoms with Crippen molar-refractivity contribution in [1.82, 2.24) is 10.2 Å². The molecule has 0 aliphatic carbocycles. The van der Waals surface area contributed by atoms with Gasteiger partial charge in [-0.15, -0.1) is 11.6 Å². The Bertz CT molecular complexity index is 550. The topological polar surface area (TPSA) is 67.9 Å². The quantitative estimate of drug-likeness (QED) is 0.840. The normalized spacial score (nSPS) is 18.1. The molecule has 1 fully saturated rings. The smallest absolute Gasteiger partial charge is 0.247 e. The second-order valence-corrected chi connectivity index (χ2v) is 4.80. The predicted molar refractivity (Wildman–Crippen MR) is 77.7 cm³/mol. The molecule has 0 saturated carbocycles.